The summed E-state index contributed by atoms with van der Waals surface area (Å²) >= 11 is 3.48. The molecule has 0 saturated heterocycles. The predicted octanol–water partition coefficient (Wildman–Crippen LogP) is 5.80. The number of rotatable bonds is 9. The van der Waals surface area contributed by atoms with Gasteiger partial charge in [0.2, 0.25) is 0 Å². The molecule has 0 saturated carbocycles. The molecule has 3 aromatic rings. The van der Waals surface area contributed by atoms with Crippen LogP contribution in [0.4, 0.5) is 0 Å². The Balaban J connectivity index is 1.66. The van der Waals surface area contributed by atoms with E-state index < -0.39 is 5.60 Å². The lowest BCUT2D eigenvalue weighted by Crippen LogP contribution is -2.32. The Labute approximate surface area is 203 Å². The molecule has 1 N–H and O–H groups in total. The smallest absolute Gasteiger partial charge is 0.272 e. The van der Waals surface area contributed by atoms with Gasteiger partial charge in [-0.15, -0.1) is 0 Å². The number of ether oxygens (including phenoxy) is 2. The molecule has 1 heterocycles. The largest absolute Gasteiger partial charge is 0.495 e. The van der Waals surface area contributed by atoms with Crippen molar-refractivity contribution in [2.45, 2.75) is 39.8 Å². The number of aromatic nitrogens is 2. The molecule has 3 rings (SSSR count). The number of amides is 1. The van der Waals surface area contributed by atoms with E-state index in [0.717, 1.165) is 32.6 Å². The van der Waals surface area contributed by atoms with Crippen molar-refractivity contribution in [3.63, 3.8) is 0 Å². The molecule has 0 unspecified atom stereocenters. The Morgan fingerprint density at radius 3 is 2.64 bits per heavy atom. The summed E-state index contributed by atoms with van der Waals surface area (Å²) in [4.78, 5) is 12.7. The van der Waals surface area contributed by atoms with E-state index in [1.54, 1.807) is 10.7 Å². The van der Waals surface area contributed by atoms with Gasteiger partial charge in [0.25, 0.3) is 5.91 Å². The van der Waals surface area contributed by atoms with E-state index >= 15 is 0 Å². The minimum atomic E-state index is -0.651. The van der Waals surface area contributed by atoms with Gasteiger partial charge in [0, 0.05) is 23.6 Å². The number of hydrogen-bond donors (Lipinski definition) is 1. The molecular formula is C26H30BrN3O3. The molecule has 7 heteroatoms. The van der Waals surface area contributed by atoms with Gasteiger partial charge >= 0.3 is 0 Å². The summed E-state index contributed by atoms with van der Waals surface area (Å²) in [6, 6.07) is 15.5. The van der Waals surface area contributed by atoms with E-state index in [1.807, 2.05) is 77.2 Å². The fourth-order valence-corrected chi connectivity index (χ4v) is 3.78. The first-order valence-corrected chi connectivity index (χ1v) is 11.6. The van der Waals surface area contributed by atoms with Crippen LogP contribution in [-0.4, -0.2) is 27.9 Å². The average molecular weight is 512 g/mol. The zero-order valence-electron chi connectivity index (χ0n) is 19.7. The predicted molar refractivity (Wildman–Crippen MR) is 134 cm³/mol. The number of carbonyl (C=O) groups excluding carboxylic acids is 1. The van der Waals surface area contributed by atoms with Gasteiger partial charge in [0.15, 0.2) is 11.3 Å². The summed E-state index contributed by atoms with van der Waals surface area (Å²) in [6.45, 7) is 12.6. The fourth-order valence-electron chi connectivity index (χ4n) is 3.38. The number of benzene rings is 2. The van der Waals surface area contributed by atoms with Crippen LogP contribution in [0.1, 0.15) is 42.4 Å². The maximum atomic E-state index is 12.7. The van der Waals surface area contributed by atoms with Crippen LogP contribution in [0.3, 0.4) is 0 Å². The van der Waals surface area contributed by atoms with Crippen molar-refractivity contribution >= 4 is 21.8 Å². The van der Waals surface area contributed by atoms with Crippen molar-refractivity contribution in [3.8, 4) is 17.0 Å². The Hall–Kier alpha value is -3.06. The highest BCUT2D eigenvalue weighted by Gasteiger charge is 2.26. The molecule has 0 fully saturated rings. The summed E-state index contributed by atoms with van der Waals surface area (Å²) in [5.41, 5.74) is 3.52. The summed E-state index contributed by atoms with van der Waals surface area (Å²) < 4.78 is 14.3. The molecule has 0 aliphatic carbocycles. The molecule has 1 amide bonds. The minimum absolute atomic E-state index is 0.223. The number of nitrogens with one attached hydrogen (secondary N) is 1. The Kier molecular flexibility index (Phi) is 7.64. The van der Waals surface area contributed by atoms with E-state index in [1.165, 1.54) is 0 Å². The molecule has 6 nitrogen and oxygen atoms in total. The van der Waals surface area contributed by atoms with Gasteiger partial charge in [-0.25, -0.2) is 0 Å². The standard InChI is InChI=1S/C26H30BrN3O3/c1-7-32-18(3)26(4,5)33-24-12-11-19(13-17(24)2)16-28-25(31)22-15-23(30(6)29-22)20-9-8-10-21(27)14-20/h8-15H,3,7,16H2,1-2,4-6H3,(H,28,31). The van der Waals surface area contributed by atoms with Crippen LogP contribution < -0.4 is 10.1 Å². The maximum absolute atomic E-state index is 12.7. The van der Waals surface area contributed by atoms with Crippen LogP contribution in [-0.2, 0) is 18.3 Å². The normalized spacial score (nSPS) is 11.2. The third-order valence-corrected chi connectivity index (χ3v) is 5.77. The Morgan fingerprint density at radius 2 is 1.97 bits per heavy atom. The average Bonchev–Trinajstić information content (AvgIpc) is 3.15. The minimum Gasteiger partial charge on any atom is -0.495 e. The van der Waals surface area contributed by atoms with Crippen molar-refractivity contribution in [1.82, 2.24) is 15.1 Å². The van der Waals surface area contributed by atoms with Gasteiger partial charge in [-0.05, 0) is 63.1 Å². The van der Waals surface area contributed by atoms with Gasteiger partial charge in [0.1, 0.15) is 11.5 Å². The third kappa shape index (κ3) is 6.05. The van der Waals surface area contributed by atoms with E-state index in [9.17, 15) is 4.79 Å². The third-order valence-electron chi connectivity index (χ3n) is 5.28. The second kappa shape index (κ2) is 10.3. The summed E-state index contributed by atoms with van der Waals surface area (Å²) in [6.07, 6.45) is 0. The summed E-state index contributed by atoms with van der Waals surface area (Å²) in [5.74, 6) is 1.11. The second-order valence-electron chi connectivity index (χ2n) is 8.30. The molecule has 0 aliphatic heterocycles. The highest BCUT2D eigenvalue weighted by molar-refractivity contribution is 9.10. The summed E-state index contributed by atoms with van der Waals surface area (Å²) in [5, 5.41) is 7.33. The van der Waals surface area contributed by atoms with Crippen molar-refractivity contribution in [3.05, 3.63) is 82.2 Å². The van der Waals surface area contributed by atoms with Crippen LogP contribution in [0.25, 0.3) is 11.3 Å². The number of carbonyl (C=O) groups is 1. The zero-order valence-corrected chi connectivity index (χ0v) is 21.3. The van der Waals surface area contributed by atoms with Crippen molar-refractivity contribution in [1.29, 1.82) is 0 Å². The molecule has 174 valence electrons. The SMILES string of the molecule is C=C(OCC)C(C)(C)Oc1ccc(CNC(=O)c2cc(-c3cccc(Br)c3)n(C)n2)cc1C. The van der Waals surface area contributed by atoms with Crippen LogP contribution >= 0.6 is 15.9 Å². The number of hydrogen-bond acceptors (Lipinski definition) is 4. The van der Waals surface area contributed by atoms with Crippen LogP contribution in [0, 0.1) is 6.92 Å². The van der Waals surface area contributed by atoms with E-state index in [2.05, 4.69) is 32.9 Å². The number of halogens is 1. The number of nitrogens with zero attached hydrogens (tertiary/aromatic N) is 2. The van der Waals surface area contributed by atoms with E-state index in [-0.39, 0.29) is 5.91 Å². The van der Waals surface area contributed by atoms with Gasteiger partial charge in [-0.3, -0.25) is 9.48 Å². The molecule has 1 aromatic heterocycles. The summed E-state index contributed by atoms with van der Waals surface area (Å²) in [7, 11) is 1.83. The lowest BCUT2D eigenvalue weighted by Gasteiger charge is -2.29. The van der Waals surface area contributed by atoms with E-state index in [4.69, 9.17) is 9.47 Å². The van der Waals surface area contributed by atoms with Crippen LogP contribution in [0.2, 0.25) is 0 Å². The molecule has 0 radical (unpaired) electrons. The zero-order chi connectivity index (χ0) is 24.2. The number of aryl methyl sites for hydroxylation is 2. The highest BCUT2D eigenvalue weighted by atomic mass is 79.9. The first-order valence-electron chi connectivity index (χ1n) is 10.8. The Bertz CT molecular complexity index is 1170. The quantitative estimate of drug-likeness (QED) is 0.369. The van der Waals surface area contributed by atoms with Crippen molar-refractivity contribution < 1.29 is 14.3 Å². The molecule has 0 atom stereocenters. The first kappa shape index (κ1) is 24.6. The molecule has 0 bridgehead atoms. The maximum Gasteiger partial charge on any atom is 0.272 e. The molecule has 0 spiro atoms. The van der Waals surface area contributed by atoms with Gasteiger partial charge in [-0.2, -0.15) is 5.10 Å². The monoisotopic (exact) mass is 511 g/mol. The fraction of sp³-hybridized carbons (Fsp3) is 0.308. The van der Waals surface area contributed by atoms with Crippen molar-refractivity contribution in [2.24, 2.45) is 7.05 Å². The Morgan fingerprint density at radius 1 is 1.21 bits per heavy atom. The molecular weight excluding hydrogens is 482 g/mol. The van der Waals surface area contributed by atoms with Gasteiger partial charge < -0.3 is 14.8 Å². The highest BCUT2D eigenvalue weighted by Crippen LogP contribution is 2.28. The second-order valence-corrected chi connectivity index (χ2v) is 9.22. The van der Waals surface area contributed by atoms with Gasteiger partial charge in [0.05, 0.1) is 12.3 Å². The van der Waals surface area contributed by atoms with Crippen LogP contribution in [0.5, 0.6) is 5.75 Å². The van der Waals surface area contributed by atoms with Crippen LogP contribution in [0.15, 0.2) is 65.3 Å². The van der Waals surface area contributed by atoms with E-state index in [0.29, 0.717) is 24.6 Å². The first-order chi connectivity index (χ1) is 15.6. The topological polar surface area (TPSA) is 65.4 Å². The molecule has 33 heavy (non-hydrogen) atoms. The lowest BCUT2D eigenvalue weighted by atomic mass is 10.1. The van der Waals surface area contributed by atoms with Crippen molar-refractivity contribution in [2.75, 3.05) is 6.61 Å². The molecule has 0 aliphatic rings. The van der Waals surface area contributed by atoms with Gasteiger partial charge in [-0.1, -0.05) is 46.8 Å². The lowest BCUT2D eigenvalue weighted by molar-refractivity contribution is 0.0637. The molecule has 2 aromatic carbocycles.